The van der Waals surface area contributed by atoms with E-state index in [0.29, 0.717) is 0 Å². The molecule has 1 fully saturated rings. The molecule has 0 bridgehead atoms. The molecule has 1 saturated heterocycles. The third-order valence-electron chi connectivity index (χ3n) is 5.61. The summed E-state index contributed by atoms with van der Waals surface area (Å²) in [6.07, 6.45) is 7.23. The maximum Gasteiger partial charge on any atom is 0.172 e. The Hall–Kier alpha value is -2.67. The van der Waals surface area contributed by atoms with Gasteiger partial charge in [-0.25, -0.2) is 9.97 Å². The average Bonchev–Trinajstić information content (AvgIpc) is 3.20. The van der Waals surface area contributed by atoms with Gasteiger partial charge in [0.05, 0.1) is 23.6 Å². The number of aromatic nitrogens is 4. The van der Waals surface area contributed by atoms with E-state index in [1.165, 1.54) is 19.3 Å². The van der Waals surface area contributed by atoms with Crippen LogP contribution in [0.2, 0.25) is 0 Å². The summed E-state index contributed by atoms with van der Waals surface area (Å²) in [6.45, 7) is 4.71. The van der Waals surface area contributed by atoms with Crippen LogP contribution < -0.4 is 10.2 Å². The van der Waals surface area contributed by atoms with Gasteiger partial charge in [-0.2, -0.15) is 5.10 Å². The standard InChI is InChI=1S/C20H24N6O/c1-2-16-12-23-25-17(16)11-15(1)18-13-22-19-20(24-18)26(8-6-21-19)7-3-14-4-9-27-10-5-14/h1-2,11-14H,3-10H2,(H,21,22)(H,23,25). The van der Waals surface area contributed by atoms with Crippen LogP contribution in [0.5, 0.6) is 0 Å². The molecule has 2 aliphatic rings. The Morgan fingerprint density at radius 2 is 2.11 bits per heavy atom. The van der Waals surface area contributed by atoms with Crippen molar-refractivity contribution < 1.29 is 4.74 Å². The molecule has 0 atom stereocenters. The Labute approximate surface area is 158 Å². The van der Waals surface area contributed by atoms with Gasteiger partial charge in [-0.3, -0.25) is 5.10 Å². The predicted molar refractivity (Wildman–Crippen MR) is 106 cm³/mol. The van der Waals surface area contributed by atoms with E-state index in [2.05, 4.69) is 43.6 Å². The van der Waals surface area contributed by atoms with Crippen LogP contribution >= 0.6 is 0 Å². The summed E-state index contributed by atoms with van der Waals surface area (Å²) in [7, 11) is 0. The summed E-state index contributed by atoms with van der Waals surface area (Å²) in [4.78, 5) is 12.0. The van der Waals surface area contributed by atoms with Crippen molar-refractivity contribution >= 4 is 22.5 Å². The van der Waals surface area contributed by atoms with Crippen molar-refractivity contribution in [1.29, 1.82) is 0 Å². The lowest BCUT2D eigenvalue weighted by atomic mass is 9.96. The third kappa shape index (κ3) is 3.35. The van der Waals surface area contributed by atoms with Gasteiger partial charge in [-0.15, -0.1) is 0 Å². The molecule has 0 saturated carbocycles. The first-order valence-electron chi connectivity index (χ1n) is 9.74. The summed E-state index contributed by atoms with van der Waals surface area (Å²) in [5.41, 5.74) is 2.96. The van der Waals surface area contributed by atoms with Gasteiger partial charge >= 0.3 is 0 Å². The van der Waals surface area contributed by atoms with Gasteiger partial charge in [0, 0.05) is 43.8 Å². The van der Waals surface area contributed by atoms with Gasteiger partial charge in [0.25, 0.3) is 0 Å². The zero-order chi connectivity index (χ0) is 18.1. The van der Waals surface area contributed by atoms with Crippen LogP contribution in [-0.4, -0.2) is 53.0 Å². The highest BCUT2D eigenvalue weighted by molar-refractivity contribution is 5.83. The van der Waals surface area contributed by atoms with Crippen molar-refractivity contribution in [3.05, 3.63) is 30.6 Å². The first kappa shape index (κ1) is 16.5. The number of nitrogens with one attached hydrogen (secondary N) is 2. The number of aromatic amines is 1. The van der Waals surface area contributed by atoms with E-state index < -0.39 is 0 Å². The summed E-state index contributed by atoms with van der Waals surface area (Å²) in [5, 5.41) is 11.6. The number of H-pyrrole nitrogens is 1. The lowest BCUT2D eigenvalue weighted by Gasteiger charge is -2.32. The van der Waals surface area contributed by atoms with E-state index in [4.69, 9.17) is 9.72 Å². The molecular formula is C20H24N6O. The molecule has 5 rings (SSSR count). The summed E-state index contributed by atoms with van der Waals surface area (Å²) in [6, 6.07) is 6.23. The molecule has 2 aromatic heterocycles. The minimum Gasteiger partial charge on any atom is -0.381 e. The maximum atomic E-state index is 5.48. The van der Waals surface area contributed by atoms with E-state index in [1.807, 2.05) is 12.4 Å². The number of nitrogens with zero attached hydrogens (tertiary/aromatic N) is 4. The molecule has 27 heavy (non-hydrogen) atoms. The molecule has 140 valence electrons. The maximum absolute atomic E-state index is 5.48. The molecule has 0 spiro atoms. The summed E-state index contributed by atoms with van der Waals surface area (Å²) < 4.78 is 5.48. The Morgan fingerprint density at radius 3 is 3.04 bits per heavy atom. The number of ether oxygens (including phenoxy) is 1. The largest absolute Gasteiger partial charge is 0.381 e. The predicted octanol–water partition coefficient (Wildman–Crippen LogP) is 3.07. The molecule has 0 amide bonds. The zero-order valence-corrected chi connectivity index (χ0v) is 15.3. The number of fused-ring (bicyclic) bond motifs is 2. The van der Waals surface area contributed by atoms with Crippen LogP contribution in [0.15, 0.2) is 30.6 Å². The highest BCUT2D eigenvalue weighted by Gasteiger charge is 2.22. The topological polar surface area (TPSA) is 79.0 Å². The van der Waals surface area contributed by atoms with Crippen LogP contribution in [0.3, 0.4) is 0 Å². The van der Waals surface area contributed by atoms with Crippen molar-refractivity contribution in [1.82, 2.24) is 20.2 Å². The number of anilines is 2. The van der Waals surface area contributed by atoms with Gasteiger partial charge in [0.1, 0.15) is 0 Å². The molecule has 3 aromatic rings. The van der Waals surface area contributed by atoms with E-state index >= 15 is 0 Å². The molecule has 1 aromatic carbocycles. The van der Waals surface area contributed by atoms with Gasteiger partial charge in [-0.05, 0) is 31.2 Å². The molecule has 0 aliphatic carbocycles. The lowest BCUT2D eigenvalue weighted by molar-refractivity contribution is 0.0645. The Kier molecular flexibility index (Phi) is 4.37. The first-order chi connectivity index (χ1) is 13.4. The van der Waals surface area contributed by atoms with E-state index in [-0.39, 0.29) is 0 Å². The van der Waals surface area contributed by atoms with Crippen molar-refractivity contribution in [2.45, 2.75) is 19.3 Å². The number of rotatable bonds is 4. The second kappa shape index (κ2) is 7.15. The normalized spacial score (nSPS) is 17.7. The number of hydrogen-bond donors (Lipinski definition) is 2. The molecule has 7 nitrogen and oxygen atoms in total. The molecule has 0 radical (unpaired) electrons. The van der Waals surface area contributed by atoms with Gasteiger partial charge in [0.15, 0.2) is 11.6 Å². The highest BCUT2D eigenvalue weighted by Crippen LogP contribution is 2.30. The monoisotopic (exact) mass is 364 g/mol. The summed E-state index contributed by atoms with van der Waals surface area (Å²) >= 11 is 0. The van der Waals surface area contributed by atoms with Crippen molar-refractivity contribution in [3.63, 3.8) is 0 Å². The van der Waals surface area contributed by atoms with Crippen LogP contribution in [0.25, 0.3) is 22.2 Å². The molecular weight excluding hydrogens is 340 g/mol. The minimum absolute atomic E-state index is 0.760. The Morgan fingerprint density at radius 1 is 1.19 bits per heavy atom. The van der Waals surface area contributed by atoms with Crippen LogP contribution in [-0.2, 0) is 4.74 Å². The second-order valence-corrected chi connectivity index (χ2v) is 7.36. The van der Waals surface area contributed by atoms with Gasteiger partial charge < -0.3 is 15.0 Å². The molecule has 2 aliphatic heterocycles. The SMILES string of the molecule is c1cc2cn[nH]c2cc1-c1cnc2c(n1)N(CCC1CCOCC1)CCN2. The van der Waals surface area contributed by atoms with Crippen molar-refractivity contribution in [2.24, 2.45) is 5.92 Å². The van der Waals surface area contributed by atoms with Crippen molar-refractivity contribution in [2.75, 3.05) is 43.1 Å². The molecule has 4 heterocycles. The summed E-state index contributed by atoms with van der Waals surface area (Å²) in [5.74, 6) is 2.62. The van der Waals surface area contributed by atoms with Crippen LogP contribution in [0.1, 0.15) is 19.3 Å². The minimum atomic E-state index is 0.760. The van der Waals surface area contributed by atoms with Crippen LogP contribution in [0, 0.1) is 5.92 Å². The fourth-order valence-corrected chi connectivity index (χ4v) is 3.97. The fourth-order valence-electron chi connectivity index (χ4n) is 3.97. The Balaban J connectivity index is 1.39. The number of benzene rings is 1. The van der Waals surface area contributed by atoms with E-state index in [1.54, 1.807) is 0 Å². The van der Waals surface area contributed by atoms with Gasteiger partial charge in [-0.1, -0.05) is 12.1 Å². The van der Waals surface area contributed by atoms with Gasteiger partial charge in [0.2, 0.25) is 0 Å². The lowest BCUT2D eigenvalue weighted by Crippen LogP contribution is -2.37. The average molecular weight is 364 g/mol. The number of hydrogen-bond acceptors (Lipinski definition) is 6. The van der Waals surface area contributed by atoms with E-state index in [0.717, 1.165) is 72.6 Å². The first-order valence-corrected chi connectivity index (χ1v) is 9.74. The van der Waals surface area contributed by atoms with Crippen LogP contribution in [0.4, 0.5) is 11.6 Å². The second-order valence-electron chi connectivity index (χ2n) is 7.36. The smallest absolute Gasteiger partial charge is 0.172 e. The Bertz CT molecular complexity index is 933. The highest BCUT2D eigenvalue weighted by atomic mass is 16.5. The molecule has 7 heteroatoms. The zero-order valence-electron chi connectivity index (χ0n) is 15.3. The van der Waals surface area contributed by atoms with Crippen molar-refractivity contribution in [3.8, 4) is 11.3 Å². The molecule has 2 N–H and O–H groups in total. The quantitative estimate of drug-likeness (QED) is 0.741. The third-order valence-corrected chi connectivity index (χ3v) is 5.61. The fraction of sp³-hybridized carbons (Fsp3) is 0.450. The van der Waals surface area contributed by atoms with E-state index in [9.17, 15) is 0 Å². The molecule has 0 unspecified atom stereocenters.